The van der Waals surface area contributed by atoms with Gasteiger partial charge < -0.3 is 14.1 Å². The van der Waals surface area contributed by atoms with E-state index in [2.05, 4.69) is 12.1 Å². The standard InChI is InChI=1S/C18H17N3O3/c1-13(9-19)11-21(2)18(22)17-8-7-15(24-17)12-23-16-6-4-3-5-14(16)10-20/h3-8,13H,11-12H2,1-2H3. The van der Waals surface area contributed by atoms with E-state index in [0.717, 1.165) is 0 Å². The zero-order chi connectivity index (χ0) is 17.5. The monoisotopic (exact) mass is 323 g/mol. The molecule has 24 heavy (non-hydrogen) atoms. The largest absolute Gasteiger partial charge is 0.484 e. The quantitative estimate of drug-likeness (QED) is 0.815. The van der Waals surface area contributed by atoms with E-state index in [1.54, 1.807) is 50.4 Å². The van der Waals surface area contributed by atoms with Gasteiger partial charge in [-0.2, -0.15) is 10.5 Å². The zero-order valence-electron chi connectivity index (χ0n) is 13.5. The van der Waals surface area contributed by atoms with Gasteiger partial charge in [0.1, 0.15) is 24.2 Å². The van der Waals surface area contributed by atoms with E-state index in [-0.39, 0.29) is 24.2 Å². The molecule has 1 amide bonds. The van der Waals surface area contributed by atoms with E-state index in [9.17, 15) is 4.79 Å². The summed E-state index contributed by atoms with van der Waals surface area (Å²) in [5.74, 6) is 0.590. The third-order valence-corrected chi connectivity index (χ3v) is 3.36. The number of nitrogens with zero attached hydrogens (tertiary/aromatic N) is 3. The lowest BCUT2D eigenvalue weighted by Gasteiger charge is -2.16. The second kappa shape index (κ2) is 7.85. The van der Waals surface area contributed by atoms with E-state index >= 15 is 0 Å². The summed E-state index contributed by atoms with van der Waals surface area (Å²) in [6.45, 7) is 2.19. The number of hydrogen-bond acceptors (Lipinski definition) is 5. The molecule has 1 aromatic heterocycles. The summed E-state index contributed by atoms with van der Waals surface area (Å²) in [6, 6.07) is 14.3. The Morgan fingerprint density at radius 1 is 1.29 bits per heavy atom. The zero-order valence-corrected chi connectivity index (χ0v) is 13.5. The highest BCUT2D eigenvalue weighted by Gasteiger charge is 2.18. The van der Waals surface area contributed by atoms with Crippen molar-refractivity contribution in [2.24, 2.45) is 5.92 Å². The van der Waals surface area contributed by atoms with Crippen LogP contribution in [0.3, 0.4) is 0 Å². The topological polar surface area (TPSA) is 90.3 Å². The fourth-order valence-corrected chi connectivity index (χ4v) is 2.13. The normalized spacial score (nSPS) is 11.2. The Morgan fingerprint density at radius 3 is 2.75 bits per heavy atom. The van der Waals surface area contributed by atoms with Crippen molar-refractivity contribution in [1.29, 1.82) is 10.5 Å². The first kappa shape index (κ1) is 17.1. The molecule has 2 aromatic rings. The average molecular weight is 323 g/mol. The van der Waals surface area contributed by atoms with E-state index in [1.165, 1.54) is 4.90 Å². The lowest BCUT2D eigenvalue weighted by molar-refractivity contribution is 0.0749. The summed E-state index contributed by atoms with van der Waals surface area (Å²) in [5, 5.41) is 17.8. The Balaban J connectivity index is 1.99. The highest BCUT2D eigenvalue weighted by molar-refractivity contribution is 5.91. The van der Waals surface area contributed by atoms with Crippen LogP contribution in [-0.2, 0) is 6.61 Å². The molecule has 0 N–H and O–H groups in total. The maximum atomic E-state index is 12.2. The molecule has 122 valence electrons. The van der Waals surface area contributed by atoms with E-state index < -0.39 is 0 Å². The molecule has 0 radical (unpaired) electrons. The molecule has 0 bridgehead atoms. The lowest BCUT2D eigenvalue weighted by atomic mass is 10.2. The first-order valence-corrected chi connectivity index (χ1v) is 7.41. The van der Waals surface area contributed by atoms with Crippen LogP contribution < -0.4 is 4.74 Å². The van der Waals surface area contributed by atoms with Gasteiger partial charge in [-0.05, 0) is 31.2 Å². The molecule has 0 saturated heterocycles. The molecule has 1 atom stereocenters. The molecule has 0 fully saturated rings. The van der Waals surface area contributed by atoms with Crippen molar-refractivity contribution in [2.45, 2.75) is 13.5 Å². The molecule has 0 saturated carbocycles. The Hall–Kier alpha value is -3.25. The lowest BCUT2D eigenvalue weighted by Crippen LogP contribution is -2.30. The molecule has 6 nitrogen and oxygen atoms in total. The van der Waals surface area contributed by atoms with Crippen LogP contribution in [0.2, 0.25) is 0 Å². The van der Waals surface area contributed by atoms with Crippen LogP contribution in [0.25, 0.3) is 0 Å². The third-order valence-electron chi connectivity index (χ3n) is 3.36. The van der Waals surface area contributed by atoms with Gasteiger partial charge in [-0.15, -0.1) is 0 Å². The third kappa shape index (κ3) is 4.15. The number of carbonyl (C=O) groups excluding carboxylic acids is 1. The van der Waals surface area contributed by atoms with Gasteiger partial charge >= 0.3 is 0 Å². The van der Waals surface area contributed by atoms with Crippen molar-refractivity contribution < 1.29 is 13.9 Å². The van der Waals surface area contributed by atoms with Gasteiger partial charge in [0, 0.05) is 13.6 Å². The number of hydrogen-bond donors (Lipinski definition) is 0. The van der Waals surface area contributed by atoms with Crippen molar-refractivity contribution in [3.05, 3.63) is 53.5 Å². The molecule has 1 unspecified atom stereocenters. The molecule has 2 rings (SSSR count). The smallest absolute Gasteiger partial charge is 0.289 e. The van der Waals surface area contributed by atoms with E-state index in [1.807, 2.05) is 0 Å². The molecule has 1 heterocycles. The van der Waals surface area contributed by atoms with Gasteiger partial charge in [-0.25, -0.2) is 0 Å². The fraction of sp³-hybridized carbons (Fsp3) is 0.278. The van der Waals surface area contributed by atoms with Crippen molar-refractivity contribution in [1.82, 2.24) is 4.90 Å². The summed E-state index contributed by atoms with van der Waals surface area (Å²) in [5.41, 5.74) is 0.436. The van der Waals surface area contributed by atoms with Gasteiger partial charge in [-0.1, -0.05) is 12.1 Å². The van der Waals surface area contributed by atoms with Crippen LogP contribution in [0.15, 0.2) is 40.8 Å². The maximum Gasteiger partial charge on any atom is 0.289 e. The van der Waals surface area contributed by atoms with Gasteiger partial charge in [0.15, 0.2) is 5.76 Å². The minimum Gasteiger partial charge on any atom is -0.484 e. The predicted molar refractivity (Wildman–Crippen MR) is 85.9 cm³/mol. The van der Waals surface area contributed by atoms with Crippen LogP contribution in [-0.4, -0.2) is 24.4 Å². The summed E-state index contributed by atoms with van der Waals surface area (Å²) >= 11 is 0. The minimum atomic E-state index is -0.291. The van der Waals surface area contributed by atoms with Crippen LogP contribution in [0.4, 0.5) is 0 Å². The first-order chi connectivity index (χ1) is 11.5. The summed E-state index contributed by atoms with van der Waals surface area (Å²) in [6.07, 6.45) is 0. The Kier molecular flexibility index (Phi) is 5.59. The summed E-state index contributed by atoms with van der Waals surface area (Å²) < 4.78 is 11.1. The fourth-order valence-electron chi connectivity index (χ4n) is 2.13. The SMILES string of the molecule is CC(C#N)CN(C)C(=O)c1ccc(COc2ccccc2C#N)o1. The summed E-state index contributed by atoms with van der Waals surface area (Å²) in [7, 11) is 1.62. The Morgan fingerprint density at radius 2 is 2.04 bits per heavy atom. The van der Waals surface area contributed by atoms with Gasteiger partial charge in [0.25, 0.3) is 5.91 Å². The van der Waals surface area contributed by atoms with Gasteiger partial charge in [0.05, 0.1) is 17.6 Å². The second-order valence-corrected chi connectivity index (χ2v) is 5.38. The molecular weight excluding hydrogens is 306 g/mol. The molecule has 6 heteroatoms. The van der Waals surface area contributed by atoms with E-state index in [4.69, 9.17) is 19.7 Å². The van der Waals surface area contributed by atoms with Crippen LogP contribution in [0, 0.1) is 28.6 Å². The van der Waals surface area contributed by atoms with Crippen molar-refractivity contribution in [3.8, 4) is 17.9 Å². The Bertz CT molecular complexity index is 798. The number of para-hydroxylation sites is 1. The maximum absolute atomic E-state index is 12.2. The van der Waals surface area contributed by atoms with Crippen LogP contribution in [0.5, 0.6) is 5.75 Å². The number of nitriles is 2. The van der Waals surface area contributed by atoms with Crippen molar-refractivity contribution in [3.63, 3.8) is 0 Å². The number of rotatable bonds is 6. The molecule has 0 spiro atoms. The Labute approximate surface area is 140 Å². The van der Waals surface area contributed by atoms with Crippen LogP contribution in [0.1, 0.15) is 28.8 Å². The highest BCUT2D eigenvalue weighted by Crippen LogP contribution is 2.19. The molecular formula is C18H17N3O3. The van der Waals surface area contributed by atoms with Crippen molar-refractivity contribution in [2.75, 3.05) is 13.6 Å². The molecule has 0 aliphatic carbocycles. The highest BCUT2D eigenvalue weighted by atomic mass is 16.5. The average Bonchev–Trinajstić information content (AvgIpc) is 3.08. The predicted octanol–water partition coefficient (Wildman–Crippen LogP) is 2.96. The number of ether oxygens (including phenoxy) is 1. The summed E-state index contributed by atoms with van der Waals surface area (Å²) in [4.78, 5) is 13.7. The molecule has 0 aliphatic rings. The first-order valence-electron chi connectivity index (χ1n) is 7.41. The van der Waals surface area contributed by atoms with Gasteiger partial charge in [-0.3, -0.25) is 4.79 Å². The molecule has 0 aliphatic heterocycles. The van der Waals surface area contributed by atoms with Crippen molar-refractivity contribution >= 4 is 5.91 Å². The van der Waals surface area contributed by atoms with E-state index in [0.29, 0.717) is 23.6 Å². The number of benzene rings is 1. The number of furan rings is 1. The van der Waals surface area contributed by atoms with Crippen LogP contribution >= 0.6 is 0 Å². The number of amides is 1. The second-order valence-electron chi connectivity index (χ2n) is 5.38. The molecule has 1 aromatic carbocycles. The number of carbonyl (C=O) groups is 1. The van der Waals surface area contributed by atoms with Gasteiger partial charge in [0.2, 0.25) is 0 Å². The minimum absolute atomic E-state index is 0.115.